The number of aliphatic hydroxyl groups excluding tert-OH is 3. The van der Waals surface area contributed by atoms with Crippen LogP contribution in [0.2, 0.25) is 0 Å². The van der Waals surface area contributed by atoms with E-state index < -0.39 is 24.4 Å². The van der Waals surface area contributed by atoms with Crippen molar-refractivity contribution < 1.29 is 25.2 Å². The van der Waals surface area contributed by atoms with E-state index in [2.05, 4.69) is 19.1 Å². The highest BCUT2D eigenvalue weighted by Gasteiger charge is 2.38. The van der Waals surface area contributed by atoms with E-state index >= 15 is 0 Å². The zero-order valence-corrected chi connectivity index (χ0v) is 15.9. The van der Waals surface area contributed by atoms with Crippen molar-refractivity contribution in [3.63, 3.8) is 0 Å². The fourth-order valence-corrected chi connectivity index (χ4v) is 4.38. The molecule has 0 radical (unpaired) electrons. The molecule has 26 heavy (non-hydrogen) atoms. The van der Waals surface area contributed by atoms with Crippen LogP contribution in [0.5, 0.6) is 5.75 Å². The fourth-order valence-electron chi connectivity index (χ4n) is 3.40. The Balaban J connectivity index is 1.91. The molecule has 1 aromatic carbocycles. The average Bonchev–Trinajstić information content (AvgIpc) is 3.07. The lowest BCUT2D eigenvalue weighted by atomic mass is 9.90. The van der Waals surface area contributed by atoms with Crippen LogP contribution in [-0.2, 0) is 17.6 Å². The Kier molecular flexibility index (Phi) is 5.99. The third-order valence-corrected chi connectivity index (χ3v) is 6.20. The van der Waals surface area contributed by atoms with Gasteiger partial charge in [-0.2, -0.15) is 0 Å². The molecule has 4 atom stereocenters. The van der Waals surface area contributed by atoms with E-state index in [9.17, 15) is 20.4 Å². The fraction of sp³-hybridized carbons (Fsp3) is 0.500. The Morgan fingerprint density at radius 3 is 2.58 bits per heavy atom. The van der Waals surface area contributed by atoms with Crippen molar-refractivity contribution in [3.05, 3.63) is 50.7 Å². The zero-order valence-electron chi connectivity index (χ0n) is 15.1. The quantitative estimate of drug-likeness (QED) is 0.642. The highest BCUT2D eigenvalue weighted by atomic mass is 32.1. The predicted octanol–water partition coefficient (Wildman–Crippen LogP) is 2.46. The molecule has 2 heterocycles. The summed E-state index contributed by atoms with van der Waals surface area (Å²) in [5.74, 6) is 0.0292. The van der Waals surface area contributed by atoms with Crippen LogP contribution in [0.15, 0.2) is 24.3 Å². The molecular weight excluding hydrogens is 352 g/mol. The molecule has 0 aliphatic carbocycles. The van der Waals surface area contributed by atoms with Gasteiger partial charge in [-0.25, -0.2) is 0 Å². The molecule has 0 unspecified atom stereocenters. The number of phenolic OH excluding ortho intramolecular Hbond substituents is 1. The molecule has 3 rings (SSSR count). The van der Waals surface area contributed by atoms with Crippen LogP contribution in [0, 0.1) is 6.92 Å². The minimum atomic E-state index is -1.15. The van der Waals surface area contributed by atoms with Crippen LogP contribution < -0.4 is 0 Å². The van der Waals surface area contributed by atoms with Crippen LogP contribution >= 0.6 is 11.3 Å². The van der Waals surface area contributed by atoms with Crippen LogP contribution in [0.4, 0.5) is 0 Å². The number of hydrogen-bond donors (Lipinski definition) is 4. The summed E-state index contributed by atoms with van der Waals surface area (Å²) in [5.41, 5.74) is 2.45. The van der Waals surface area contributed by atoms with Crippen molar-refractivity contribution in [3.8, 4) is 5.75 Å². The predicted molar refractivity (Wildman–Crippen MR) is 101 cm³/mol. The molecule has 1 fully saturated rings. The summed E-state index contributed by atoms with van der Waals surface area (Å²) in [6.45, 7) is 3.83. The van der Waals surface area contributed by atoms with Crippen LogP contribution in [0.1, 0.15) is 45.9 Å². The highest BCUT2D eigenvalue weighted by Crippen LogP contribution is 2.38. The number of benzene rings is 1. The lowest BCUT2D eigenvalue weighted by Crippen LogP contribution is -2.44. The van der Waals surface area contributed by atoms with Gasteiger partial charge < -0.3 is 25.2 Å². The van der Waals surface area contributed by atoms with E-state index in [1.54, 1.807) is 17.4 Å². The van der Waals surface area contributed by atoms with E-state index in [0.29, 0.717) is 5.56 Å². The van der Waals surface area contributed by atoms with Crippen molar-refractivity contribution in [2.24, 2.45) is 0 Å². The van der Waals surface area contributed by atoms with E-state index in [1.165, 1.54) is 9.75 Å². The number of rotatable bonds is 5. The second-order valence-corrected chi connectivity index (χ2v) is 8.14. The van der Waals surface area contributed by atoms with Gasteiger partial charge in [0.05, 0.1) is 18.8 Å². The van der Waals surface area contributed by atoms with E-state index in [0.717, 1.165) is 24.0 Å². The Hall–Kier alpha value is -1.44. The summed E-state index contributed by atoms with van der Waals surface area (Å²) in [5, 5.41) is 40.2. The second-order valence-electron chi connectivity index (χ2n) is 6.89. The minimum Gasteiger partial charge on any atom is -0.508 e. The van der Waals surface area contributed by atoms with Crippen LogP contribution in [0.25, 0.3) is 0 Å². The molecule has 5 nitrogen and oxygen atoms in total. The summed E-state index contributed by atoms with van der Waals surface area (Å²) in [6, 6.07) is 7.76. The van der Waals surface area contributed by atoms with Crippen LogP contribution in [0.3, 0.4) is 0 Å². The highest BCUT2D eigenvalue weighted by molar-refractivity contribution is 7.12. The van der Waals surface area contributed by atoms with Gasteiger partial charge in [-0.15, -0.1) is 11.3 Å². The first-order valence-electron chi connectivity index (χ1n) is 8.95. The van der Waals surface area contributed by atoms with Crippen molar-refractivity contribution in [2.45, 2.75) is 57.5 Å². The molecule has 1 aliphatic heterocycles. The summed E-state index contributed by atoms with van der Waals surface area (Å²) in [7, 11) is 0. The molecule has 2 aromatic rings. The van der Waals surface area contributed by atoms with Gasteiger partial charge in [0, 0.05) is 28.2 Å². The van der Waals surface area contributed by atoms with Gasteiger partial charge >= 0.3 is 0 Å². The number of aryl methyl sites for hydroxylation is 2. The van der Waals surface area contributed by atoms with E-state index in [1.807, 2.05) is 13.0 Å². The maximum Gasteiger partial charge on any atom is 0.121 e. The van der Waals surface area contributed by atoms with Gasteiger partial charge in [-0.1, -0.05) is 6.92 Å². The zero-order chi connectivity index (χ0) is 18.8. The Morgan fingerprint density at radius 1 is 1.19 bits per heavy atom. The van der Waals surface area contributed by atoms with Gasteiger partial charge in [-0.05, 0) is 48.7 Å². The van der Waals surface area contributed by atoms with Crippen molar-refractivity contribution in [2.75, 3.05) is 6.61 Å². The number of aromatic hydroxyl groups is 1. The molecule has 6 heteroatoms. The largest absolute Gasteiger partial charge is 0.508 e. The average molecular weight is 378 g/mol. The molecular formula is C20H26O5S. The molecule has 4 N–H and O–H groups in total. The number of thiophene rings is 1. The minimum absolute atomic E-state index is 0.0292. The van der Waals surface area contributed by atoms with Gasteiger partial charge in [0.2, 0.25) is 0 Å². The first-order valence-corrected chi connectivity index (χ1v) is 9.77. The van der Waals surface area contributed by atoms with E-state index in [-0.39, 0.29) is 18.8 Å². The number of hydrogen-bond acceptors (Lipinski definition) is 6. The summed E-state index contributed by atoms with van der Waals surface area (Å²) >= 11 is 1.77. The van der Waals surface area contributed by atoms with Gasteiger partial charge in [0.1, 0.15) is 18.0 Å². The van der Waals surface area contributed by atoms with Gasteiger partial charge in [-0.3, -0.25) is 0 Å². The van der Waals surface area contributed by atoms with E-state index in [4.69, 9.17) is 4.74 Å². The van der Waals surface area contributed by atoms with Crippen molar-refractivity contribution >= 4 is 11.3 Å². The molecule has 0 amide bonds. The first-order chi connectivity index (χ1) is 12.4. The standard InChI is InChI=1S/C20H26O5S/c1-3-14-4-5-15(26-14)7-12-8-16(17(22)6-11(12)2)20-19(24)18(23)9-13(10-21)25-20/h4-6,8,13,18-24H,3,7,9-10H2,1-2H3/t13-,18-,19+,20-/m0/s1. The summed E-state index contributed by atoms with van der Waals surface area (Å²) in [4.78, 5) is 2.57. The lowest BCUT2D eigenvalue weighted by Gasteiger charge is -2.37. The SMILES string of the molecule is CCc1ccc(Cc2cc([C@@H]3O[C@H](CO)C[C@H](O)[C@H]3O)c(O)cc2C)s1. The third-order valence-electron chi connectivity index (χ3n) is 4.97. The van der Waals surface area contributed by atoms with Gasteiger partial charge in [0.25, 0.3) is 0 Å². The Labute approximate surface area is 157 Å². The molecule has 1 saturated heterocycles. The smallest absolute Gasteiger partial charge is 0.121 e. The lowest BCUT2D eigenvalue weighted by molar-refractivity contribution is -0.180. The first kappa shape index (κ1) is 19.3. The molecule has 0 bridgehead atoms. The molecule has 1 aliphatic rings. The monoisotopic (exact) mass is 378 g/mol. The number of aliphatic hydroxyl groups is 3. The molecule has 0 saturated carbocycles. The summed E-state index contributed by atoms with van der Waals surface area (Å²) in [6.07, 6.45) is -1.67. The topological polar surface area (TPSA) is 90.2 Å². The van der Waals surface area contributed by atoms with Crippen molar-refractivity contribution in [1.82, 2.24) is 0 Å². The molecule has 0 spiro atoms. The second kappa shape index (κ2) is 8.06. The van der Waals surface area contributed by atoms with Crippen molar-refractivity contribution in [1.29, 1.82) is 0 Å². The van der Waals surface area contributed by atoms with Crippen LogP contribution in [-0.4, -0.2) is 45.3 Å². The number of phenols is 1. The molecule has 142 valence electrons. The number of ether oxygens (including phenoxy) is 1. The molecule has 1 aromatic heterocycles. The normalized spacial score (nSPS) is 26.2. The Morgan fingerprint density at radius 2 is 1.92 bits per heavy atom. The van der Waals surface area contributed by atoms with Gasteiger partial charge in [0.15, 0.2) is 0 Å². The Bertz CT molecular complexity index is 757. The third kappa shape index (κ3) is 3.94. The maximum atomic E-state index is 10.4. The maximum absolute atomic E-state index is 10.4. The summed E-state index contributed by atoms with van der Waals surface area (Å²) < 4.78 is 5.73.